The Labute approximate surface area is 149 Å². The fourth-order valence-corrected chi connectivity index (χ4v) is 2.41. The van der Waals surface area contributed by atoms with Crippen LogP contribution in [0.15, 0.2) is 34.9 Å². The smallest absolute Gasteiger partial charge is 0.246 e. The highest BCUT2D eigenvalue weighted by Gasteiger charge is 2.12. The number of hydrogen-bond acceptors (Lipinski definition) is 4. The predicted octanol–water partition coefficient (Wildman–Crippen LogP) is 3.40. The van der Waals surface area contributed by atoms with E-state index in [-0.39, 0.29) is 18.4 Å². The van der Waals surface area contributed by atoms with Crippen molar-refractivity contribution in [2.24, 2.45) is 0 Å². The molecule has 0 radical (unpaired) electrons. The molecule has 0 aliphatic heterocycles. The second-order valence-corrected chi connectivity index (χ2v) is 5.97. The minimum absolute atomic E-state index is 0.120. The van der Waals surface area contributed by atoms with Gasteiger partial charge in [-0.05, 0) is 36.8 Å². The van der Waals surface area contributed by atoms with Crippen molar-refractivity contribution in [1.29, 1.82) is 0 Å². The van der Waals surface area contributed by atoms with Crippen molar-refractivity contribution in [2.45, 2.75) is 6.92 Å². The predicted molar refractivity (Wildman–Crippen MR) is 93.0 cm³/mol. The minimum Gasteiger partial charge on any atom is -0.360 e. The van der Waals surface area contributed by atoms with E-state index in [9.17, 15) is 9.59 Å². The third kappa shape index (κ3) is 5.40. The molecule has 1 aromatic heterocycles. The van der Waals surface area contributed by atoms with Crippen LogP contribution in [0.3, 0.4) is 0 Å². The van der Waals surface area contributed by atoms with E-state index in [2.05, 4.69) is 10.5 Å². The van der Waals surface area contributed by atoms with Gasteiger partial charge in [-0.1, -0.05) is 28.4 Å². The number of carbonyl (C=O) groups is 2. The quantitative estimate of drug-likeness (QED) is 0.821. The van der Waals surface area contributed by atoms with Crippen molar-refractivity contribution >= 4 is 46.9 Å². The number of nitrogens with one attached hydrogen (secondary N) is 1. The molecule has 1 N–H and O–H groups in total. The van der Waals surface area contributed by atoms with E-state index in [0.29, 0.717) is 27.2 Å². The fraction of sp³-hybridized carbons (Fsp3) is 0.188. The molecule has 1 heterocycles. The zero-order valence-electron chi connectivity index (χ0n) is 13.0. The highest BCUT2D eigenvalue weighted by atomic mass is 35.5. The third-order valence-corrected chi connectivity index (χ3v) is 3.39. The van der Waals surface area contributed by atoms with Crippen LogP contribution in [0.4, 0.5) is 5.82 Å². The molecule has 2 rings (SSSR count). The Morgan fingerprint density at radius 1 is 1.25 bits per heavy atom. The Hall–Kier alpha value is -2.31. The van der Waals surface area contributed by atoms with E-state index in [1.54, 1.807) is 37.3 Å². The second-order valence-electron chi connectivity index (χ2n) is 5.10. The van der Waals surface area contributed by atoms with Gasteiger partial charge in [-0.15, -0.1) is 0 Å². The molecule has 2 amide bonds. The van der Waals surface area contributed by atoms with Crippen LogP contribution >= 0.6 is 23.2 Å². The molecule has 2 aromatic rings. The first kappa shape index (κ1) is 18.0. The van der Waals surface area contributed by atoms with Gasteiger partial charge in [0.15, 0.2) is 5.82 Å². The van der Waals surface area contributed by atoms with E-state index in [4.69, 9.17) is 27.7 Å². The van der Waals surface area contributed by atoms with Crippen molar-refractivity contribution in [3.63, 3.8) is 0 Å². The number of hydrogen-bond donors (Lipinski definition) is 1. The summed E-state index contributed by atoms with van der Waals surface area (Å²) < 4.78 is 4.85. The van der Waals surface area contributed by atoms with Gasteiger partial charge in [-0.25, -0.2) is 0 Å². The molecule has 0 spiro atoms. The maximum atomic E-state index is 12.0. The summed E-state index contributed by atoms with van der Waals surface area (Å²) in [4.78, 5) is 25.2. The van der Waals surface area contributed by atoms with Crippen molar-refractivity contribution in [3.05, 3.63) is 51.7 Å². The van der Waals surface area contributed by atoms with Crippen LogP contribution in [0.5, 0.6) is 0 Å². The van der Waals surface area contributed by atoms with Gasteiger partial charge in [0.2, 0.25) is 11.8 Å². The summed E-state index contributed by atoms with van der Waals surface area (Å²) in [6.07, 6.45) is 2.92. The van der Waals surface area contributed by atoms with Crippen molar-refractivity contribution in [3.8, 4) is 0 Å². The summed E-state index contributed by atoms with van der Waals surface area (Å²) in [6, 6.07) is 6.54. The number of rotatable bonds is 5. The largest absolute Gasteiger partial charge is 0.360 e. The molecule has 0 saturated carbocycles. The van der Waals surface area contributed by atoms with Crippen molar-refractivity contribution < 1.29 is 14.1 Å². The van der Waals surface area contributed by atoms with Crippen LogP contribution in [0.2, 0.25) is 10.0 Å². The number of halogens is 2. The van der Waals surface area contributed by atoms with E-state index in [0.717, 1.165) is 0 Å². The number of carbonyl (C=O) groups excluding carboxylic acids is 2. The SMILES string of the molecule is Cc1cc(NC(=O)CN(C)C(=O)/C=C/c2cc(Cl)cc(Cl)c2)no1. The zero-order valence-corrected chi connectivity index (χ0v) is 14.6. The van der Waals surface area contributed by atoms with Gasteiger partial charge in [0.05, 0.1) is 6.54 Å². The summed E-state index contributed by atoms with van der Waals surface area (Å²) >= 11 is 11.8. The first-order valence-electron chi connectivity index (χ1n) is 6.96. The average molecular weight is 368 g/mol. The average Bonchev–Trinajstić information content (AvgIpc) is 2.88. The normalized spacial score (nSPS) is 10.8. The Morgan fingerprint density at radius 3 is 2.50 bits per heavy atom. The second kappa shape index (κ2) is 7.99. The van der Waals surface area contributed by atoms with E-state index in [1.165, 1.54) is 18.0 Å². The van der Waals surface area contributed by atoms with Gasteiger partial charge >= 0.3 is 0 Å². The van der Waals surface area contributed by atoms with Gasteiger partial charge in [-0.3, -0.25) is 9.59 Å². The molecule has 126 valence electrons. The molecule has 8 heteroatoms. The minimum atomic E-state index is -0.377. The summed E-state index contributed by atoms with van der Waals surface area (Å²) in [5, 5.41) is 7.15. The lowest BCUT2D eigenvalue weighted by atomic mass is 10.2. The molecular weight excluding hydrogens is 353 g/mol. The van der Waals surface area contributed by atoms with Crippen LogP contribution < -0.4 is 5.32 Å². The van der Waals surface area contributed by atoms with Gasteiger partial charge in [-0.2, -0.15) is 0 Å². The molecule has 0 aliphatic rings. The Bertz CT molecular complexity index is 766. The van der Waals surface area contributed by atoms with Crippen LogP contribution in [-0.4, -0.2) is 35.5 Å². The molecule has 6 nitrogen and oxygen atoms in total. The highest BCUT2D eigenvalue weighted by molar-refractivity contribution is 6.34. The third-order valence-electron chi connectivity index (χ3n) is 2.96. The summed E-state index contributed by atoms with van der Waals surface area (Å²) in [6.45, 7) is 1.59. The Morgan fingerprint density at radius 2 is 1.92 bits per heavy atom. The highest BCUT2D eigenvalue weighted by Crippen LogP contribution is 2.19. The Kier molecular flexibility index (Phi) is 6.00. The number of nitrogens with zero attached hydrogens (tertiary/aromatic N) is 2. The van der Waals surface area contributed by atoms with Crippen LogP contribution in [0.1, 0.15) is 11.3 Å². The van der Waals surface area contributed by atoms with Gasteiger partial charge in [0.25, 0.3) is 0 Å². The maximum Gasteiger partial charge on any atom is 0.246 e. The molecule has 0 unspecified atom stereocenters. The molecule has 0 fully saturated rings. The van der Waals surface area contributed by atoms with Crippen molar-refractivity contribution in [1.82, 2.24) is 10.1 Å². The molecule has 0 aliphatic carbocycles. The lowest BCUT2D eigenvalue weighted by Crippen LogP contribution is -2.33. The summed E-state index contributed by atoms with van der Waals surface area (Å²) in [5.41, 5.74) is 0.691. The van der Waals surface area contributed by atoms with Gasteiger partial charge < -0.3 is 14.7 Å². The first-order chi connectivity index (χ1) is 11.3. The number of anilines is 1. The van der Waals surface area contributed by atoms with E-state index < -0.39 is 0 Å². The summed E-state index contributed by atoms with van der Waals surface area (Å²) in [7, 11) is 1.52. The van der Waals surface area contributed by atoms with E-state index >= 15 is 0 Å². The molecule has 0 atom stereocenters. The van der Waals surface area contributed by atoms with Gasteiger partial charge in [0, 0.05) is 29.2 Å². The lowest BCUT2D eigenvalue weighted by molar-refractivity contribution is -0.129. The topological polar surface area (TPSA) is 75.4 Å². The van der Waals surface area contributed by atoms with Crippen LogP contribution in [0.25, 0.3) is 6.08 Å². The zero-order chi connectivity index (χ0) is 17.7. The van der Waals surface area contributed by atoms with Gasteiger partial charge in [0.1, 0.15) is 5.76 Å². The fourth-order valence-electron chi connectivity index (χ4n) is 1.87. The monoisotopic (exact) mass is 367 g/mol. The maximum absolute atomic E-state index is 12.0. The standard InChI is InChI=1S/C16H15Cl2N3O3/c1-10-5-14(20-24-10)19-15(22)9-21(2)16(23)4-3-11-6-12(17)8-13(18)7-11/h3-8H,9H2,1-2H3,(H,19,20,22)/b4-3+. The van der Waals surface area contributed by atoms with Crippen LogP contribution in [-0.2, 0) is 9.59 Å². The Balaban J connectivity index is 1.91. The number of likely N-dealkylation sites (N-methyl/N-ethyl adjacent to an activating group) is 1. The molecule has 1 aromatic carbocycles. The van der Waals surface area contributed by atoms with Crippen molar-refractivity contribution in [2.75, 3.05) is 18.9 Å². The lowest BCUT2D eigenvalue weighted by Gasteiger charge is -2.13. The van der Waals surface area contributed by atoms with E-state index in [1.807, 2.05) is 0 Å². The number of benzene rings is 1. The number of aromatic nitrogens is 1. The molecule has 0 bridgehead atoms. The number of aryl methyl sites for hydroxylation is 1. The molecule has 24 heavy (non-hydrogen) atoms. The molecule has 0 saturated heterocycles. The van der Waals surface area contributed by atoms with Crippen LogP contribution in [0, 0.1) is 6.92 Å². The molecular formula is C16H15Cl2N3O3. The first-order valence-corrected chi connectivity index (χ1v) is 7.71. The number of amides is 2. The summed E-state index contributed by atoms with van der Waals surface area (Å²) in [5.74, 6) is 0.177.